The predicted molar refractivity (Wildman–Crippen MR) is 238 cm³/mol. The summed E-state index contributed by atoms with van der Waals surface area (Å²) in [5, 5.41) is 31.3. The maximum absolute atomic E-state index is 14.2. The summed E-state index contributed by atoms with van der Waals surface area (Å²) in [6, 6.07) is 1.74. The molecule has 0 aromatic heterocycles. The van der Waals surface area contributed by atoms with E-state index in [1.807, 2.05) is 33.8 Å². The molecule has 332 valence electrons. The van der Waals surface area contributed by atoms with Crippen molar-refractivity contribution in [2.45, 2.75) is 115 Å². The maximum atomic E-state index is 14.2. The molecule has 1 aliphatic rings. The van der Waals surface area contributed by atoms with Gasteiger partial charge in [0.25, 0.3) is 0 Å². The normalized spacial score (nSPS) is 25.0. The number of amides is 7. The van der Waals surface area contributed by atoms with Crippen LogP contribution in [0.15, 0.2) is 30.3 Å². The first-order valence-electron chi connectivity index (χ1n) is 20.2. The molecule has 1 heterocycles. The second-order valence-corrected chi connectivity index (χ2v) is 16.7. The van der Waals surface area contributed by atoms with Crippen LogP contribution in [0.3, 0.4) is 0 Å². The molecule has 10 unspecified atom stereocenters. The van der Waals surface area contributed by atoms with E-state index in [-0.39, 0.29) is 56.9 Å². The van der Waals surface area contributed by atoms with Crippen LogP contribution in [0, 0.1) is 11.8 Å². The van der Waals surface area contributed by atoms with Crippen molar-refractivity contribution in [1.82, 2.24) is 57.8 Å². The summed E-state index contributed by atoms with van der Waals surface area (Å²) in [5.74, 6) is -4.10. The Kier molecular flexibility index (Phi) is 24.8. The van der Waals surface area contributed by atoms with E-state index in [2.05, 4.69) is 86.0 Å². The minimum absolute atomic E-state index is 0.00818. The van der Waals surface area contributed by atoms with Gasteiger partial charge in [0.15, 0.2) is 0 Å². The van der Waals surface area contributed by atoms with E-state index in [4.69, 9.17) is 0 Å². The van der Waals surface area contributed by atoms with Crippen molar-refractivity contribution in [2.24, 2.45) is 11.8 Å². The van der Waals surface area contributed by atoms with Crippen molar-refractivity contribution in [3.63, 3.8) is 0 Å². The molecular formula is C38H68N11O7P3. The zero-order chi connectivity index (χ0) is 43.9. The Labute approximate surface area is 355 Å². The molecule has 10 atom stereocenters. The first-order chi connectivity index (χ1) is 28.1. The van der Waals surface area contributed by atoms with Gasteiger partial charge in [-0.05, 0) is 63.0 Å². The molecule has 0 spiro atoms. The Morgan fingerprint density at radius 1 is 0.542 bits per heavy atom. The maximum Gasteiger partial charge on any atom is 0.243 e. The van der Waals surface area contributed by atoms with Crippen LogP contribution in [0.2, 0.25) is 0 Å². The number of benzene rings is 1. The number of carbonyl (C=O) groups is 7. The van der Waals surface area contributed by atoms with Crippen molar-refractivity contribution < 1.29 is 33.6 Å². The van der Waals surface area contributed by atoms with Crippen LogP contribution in [-0.2, 0) is 40.0 Å². The molecule has 7 amide bonds. The van der Waals surface area contributed by atoms with Gasteiger partial charge in [0.05, 0.1) is 6.04 Å². The van der Waals surface area contributed by atoms with Gasteiger partial charge in [-0.3, -0.25) is 33.6 Å². The van der Waals surface area contributed by atoms with Gasteiger partial charge in [0.1, 0.15) is 36.3 Å². The fourth-order valence-electron chi connectivity index (χ4n) is 6.46. The molecule has 59 heavy (non-hydrogen) atoms. The van der Waals surface area contributed by atoms with Crippen LogP contribution in [-0.4, -0.2) is 117 Å². The molecule has 11 N–H and O–H groups in total. The van der Waals surface area contributed by atoms with E-state index in [9.17, 15) is 33.6 Å². The Hall–Kier alpha value is -3.36. The van der Waals surface area contributed by atoms with Crippen LogP contribution >= 0.6 is 28.2 Å². The van der Waals surface area contributed by atoms with Gasteiger partial charge in [-0.25, -0.2) is 0 Å². The Morgan fingerprint density at radius 2 is 0.915 bits per heavy atom. The van der Waals surface area contributed by atoms with E-state index in [1.165, 1.54) is 0 Å². The van der Waals surface area contributed by atoms with Crippen molar-refractivity contribution >= 4 is 69.5 Å². The van der Waals surface area contributed by atoms with Crippen LogP contribution in [0.25, 0.3) is 0 Å². The lowest BCUT2D eigenvalue weighted by Gasteiger charge is -2.28. The number of hydrogen-bond donors (Lipinski definition) is 11. The van der Waals surface area contributed by atoms with Gasteiger partial charge in [0.2, 0.25) is 41.4 Å². The highest BCUT2D eigenvalue weighted by atomic mass is 31.0. The molecule has 1 aliphatic heterocycles. The summed E-state index contributed by atoms with van der Waals surface area (Å²) in [5.41, 5.74) is 0.732. The van der Waals surface area contributed by atoms with Gasteiger partial charge in [-0.1, -0.05) is 86.2 Å². The minimum Gasteiger partial charge on any atom is -0.354 e. The van der Waals surface area contributed by atoms with E-state index < -0.39 is 83.6 Å². The van der Waals surface area contributed by atoms with Crippen molar-refractivity contribution in [3.8, 4) is 0 Å². The lowest BCUT2D eigenvalue weighted by atomic mass is 10.00. The molecule has 1 aromatic rings. The van der Waals surface area contributed by atoms with Gasteiger partial charge in [0, 0.05) is 32.6 Å². The third-order valence-electron chi connectivity index (χ3n) is 9.62. The molecular weight excluding hydrogens is 815 g/mol. The second-order valence-electron chi connectivity index (χ2n) is 15.5. The standard InChI is InChI=1S/C38H68N11O7P3/c1-22(2)19-29-32(50)40-15-11-25(39-5)33(51)44-27(13-17-42-58)36(54)48-30(20-23(3)4)37(55)49-31(21-24-9-7-6-8-10-24)38(56)46-26(12-16-41-57)34(52)45-28(14-18-43-59)35(53)47-29/h6-10,22-23,25-31,39,41-43H,11-21,57-59H2,1-5H3,(H,40,50)(H,44,51)(H,45,52)(H,46,56)(H,47,53)(H,48,54)(H,49,55). The van der Waals surface area contributed by atoms with Crippen LogP contribution in [0.5, 0.6) is 0 Å². The smallest absolute Gasteiger partial charge is 0.243 e. The zero-order valence-corrected chi connectivity index (χ0v) is 38.4. The fraction of sp³-hybridized carbons (Fsp3) is 0.658. The second kappa shape index (κ2) is 28.2. The molecule has 21 heteroatoms. The highest BCUT2D eigenvalue weighted by molar-refractivity contribution is 7.14. The van der Waals surface area contributed by atoms with Crippen molar-refractivity contribution in [1.29, 1.82) is 0 Å². The quantitative estimate of drug-likeness (QED) is 0.0867. The largest absolute Gasteiger partial charge is 0.354 e. The van der Waals surface area contributed by atoms with Crippen LogP contribution in [0.4, 0.5) is 0 Å². The molecule has 1 aromatic carbocycles. The molecule has 1 fully saturated rings. The van der Waals surface area contributed by atoms with E-state index >= 15 is 0 Å². The number of hydrogen-bond acceptors (Lipinski definition) is 11. The van der Waals surface area contributed by atoms with Gasteiger partial charge in [-0.15, -0.1) is 0 Å². The Balaban J connectivity index is 2.67. The van der Waals surface area contributed by atoms with E-state index in [0.717, 1.165) is 5.56 Å². The first-order valence-corrected chi connectivity index (χ1v) is 22.0. The number of rotatable bonds is 16. The molecule has 0 aliphatic carbocycles. The van der Waals surface area contributed by atoms with E-state index in [1.54, 1.807) is 31.3 Å². The van der Waals surface area contributed by atoms with E-state index in [0.29, 0.717) is 26.1 Å². The molecule has 18 nitrogen and oxygen atoms in total. The lowest BCUT2D eigenvalue weighted by molar-refractivity contribution is -0.135. The van der Waals surface area contributed by atoms with Crippen LogP contribution < -0.4 is 57.8 Å². The summed E-state index contributed by atoms with van der Waals surface area (Å²) in [4.78, 5) is 97.2. The number of carbonyl (C=O) groups excluding carboxylic acids is 7. The lowest BCUT2D eigenvalue weighted by Crippen LogP contribution is -2.60. The average molecular weight is 884 g/mol. The summed E-state index contributed by atoms with van der Waals surface area (Å²) in [7, 11) is 8.64. The summed E-state index contributed by atoms with van der Waals surface area (Å²) in [6.45, 7) is 8.61. The Bertz CT molecular complexity index is 1510. The third-order valence-corrected chi connectivity index (χ3v) is 10.5. The topological polar surface area (TPSA) is 252 Å². The van der Waals surface area contributed by atoms with Crippen LogP contribution in [0.1, 0.15) is 71.8 Å². The van der Waals surface area contributed by atoms with Gasteiger partial charge < -0.3 is 57.8 Å². The minimum atomic E-state index is -1.18. The summed E-state index contributed by atoms with van der Waals surface area (Å²) < 4.78 is 0. The summed E-state index contributed by atoms with van der Waals surface area (Å²) in [6.07, 6.45) is 1.19. The first kappa shape index (κ1) is 51.8. The SMILES string of the molecule is CNC1CCNC(=O)C(CC(C)C)NC(=O)C(CCNP)NC(=O)C(CCNP)NC(=O)C(Cc2ccccc2)NC(=O)C(CC(C)C)NC(=O)C(CCNP)NC1=O. The zero-order valence-electron chi connectivity index (χ0n) is 35.0. The number of likely N-dealkylation sites (N-methyl/N-ethyl adjacent to an activating group) is 1. The van der Waals surface area contributed by atoms with Gasteiger partial charge >= 0.3 is 0 Å². The molecule has 0 bridgehead atoms. The number of nitrogens with one attached hydrogen (secondary N) is 11. The molecule has 0 saturated carbocycles. The monoisotopic (exact) mass is 883 g/mol. The van der Waals surface area contributed by atoms with Crippen molar-refractivity contribution in [2.75, 3.05) is 33.2 Å². The predicted octanol–water partition coefficient (Wildman–Crippen LogP) is -1.35. The molecule has 0 radical (unpaired) electrons. The summed E-state index contributed by atoms with van der Waals surface area (Å²) >= 11 is 0. The van der Waals surface area contributed by atoms with Crippen molar-refractivity contribution in [3.05, 3.63) is 35.9 Å². The molecule has 1 saturated heterocycles. The molecule has 2 rings (SSSR count). The fourth-order valence-corrected chi connectivity index (χ4v) is 6.96. The highest BCUT2D eigenvalue weighted by Crippen LogP contribution is 2.11. The van der Waals surface area contributed by atoms with Gasteiger partial charge in [-0.2, -0.15) is 0 Å². The average Bonchev–Trinajstić information content (AvgIpc) is 3.19. The highest BCUT2D eigenvalue weighted by Gasteiger charge is 2.34. The Morgan fingerprint density at radius 3 is 1.34 bits per heavy atom. The third kappa shape index (κ3) is 19.3.